The van der Waals surface area contributed by atoms with E-state index in [-0.39, 0.29) is 5.91 Å². The molecule has 0 aliphatic heterocycles. The van der Waals surface area contributed by atoms with Crippen molar-refractivity contribution in [3.63, 3.8) is 0 Å². The molecule has 0 bridgehead atoms. The SMILES string of the molecule is CCOc1ccc(OCCCC(=O)Nc2ccc3c(c2)CCC3)cc1. The highest BCUT2D eigenvalue weighted by atomic mass is 16.5. The third kappa shape index (κ3) is 4.99. The van der Waals surface area contributed by atoms with Crippen LogP contribution in [0.15, 0.2) is 42.5 Å². The van der Waals surface area contributed by atoms with E-state index in [0.717, 1.165) is 30.0 Å². The summed E-state index contributed by atoms with van der Waals surface area (Å²) < 4.78 is 11.1. The molecule has 0 spiro atoms. The van der Waals surface area contributed by atoms with Gasteiger partial charge in [-0.2, -0.15) is 0 Å². The quantitative estimate of drug-likeness (QED) is 0.726. The summed E-state index contributed by atoms with van der Waals surface area (Å²) in [5.74, 6) is 1.67. The molecule has 4 nitrogen and oxygen atoms in total. The molecule has 0 radical (unpaired) electrons. The van der Waals surface area contributed by atoms with E-state index in [4.69, 9.17) is 9.47 Å². The number of rotatable bonds is 8. The van der Waals surface area contributed by atoms with Gasteiger partial charge in [-0.15, -0.1) is 0 Å². The standard InChI is InChI=1S/C21H25NO3/c1-2-24-19-10-12-20(13-11-19)25-14-4-7-21(23)22-18-9-8-16-5-3-6-17(16)15-18/h8-13,15H,2-7,14H2,1H3,(H,22,23). The minimum atomic E-state index is 0.0354. The highest BCUT2D eigenvalue weighted by Crippen LogP contribution is 2.25. The number of amides is 1. The van der Waals surface area contributed by atoms with Crippen molar-refractivity contribution in [2.24, 2.45) is 0 Å². The average molecular weight is 339 g/mol. The van der Waals surface area contributed by atoms with Gasteiger partial charge in [0.2, 0.25) is 5.91 Å². The first-order valence-corrected chi connectivity index (χ1v) is 9.02. The fourth-order valence-corrected chi connectivity index (χ4v) is 3.09. The fraction of sp³-hybridized carbons (Fsp3) is 0.381. The Balaban J connectivity index is 1.38. The number of aryl methyl sites for hydroxylation is 2. The van der Waals surface area contributed by atoms with E-state index in [1.165, 1.54) is 17.5 Å². The zero-order chi connectivity index (χ0) is 17.5. The lowest BCUT2D eigenvalue weighted by atomic mass is 10.1. The molecule has 132 valence electrons. The molecule has 2 aromatic rings. The smallest absolute Gasteiger partial charge is 0.224 e. The molecule has 1 N–H and O–H groups in total. The van der Waals surface area contributed by atoms with E-state index < -0.39 is 0 Å². The molecular weight excluding hydrogens is 314 g/mol. The fourth-order valence-electron chi connectivity index (χ4n) is 3.09. The highest BCUT2D eigenvalue weighted by Gasteiger charge is 2.11. The predicted octanol–water partition coefficient (Wildman–Crippen LogP) is 4.37. The van der Waals surface area contributed by atoms with E-state index in [9.17, 15) is 4.79 Å². The summed E-state index contributed by atoms with van der Waals surface area (Å²) in [6.07, 6.45) is 4.63. The van der Waals surface area contributed by atoms with Crippen molar-refractivity contribution in [3.8, 4) is 11.5 Å². The molecule has 1 amide bonds. The van der Waals surface area contributed by atoms with Crippen LogP contribution in [0.3, 0.4) is 0 Å². The van der Waals surface area contributed by atoms with E-state index in [2.05, 4.69) is 17.4 Å². The van der Waals surface area contributed by atoms with Crippen LogP contribution in [0.1, 0.15) is 37.3 Å². The number of nitrogens with one attached hydrogen (secondary N) is 1. The van der Waals surface area contributed by atoms with Gasteiger partial charge in [-0.1, -0.05) is 6.07 Å². The largest absolute Gasteiger partial charge is 0.494 e. The van der Waals surface area contributed by atoms with Gasteiger partial charge in [0.15, 0.2) is 0 Å². The van der Waals surface area contributed by atoms with Crippen molar-refractivity contribution in [1.29, 1.82) is 0 Å². The molecule has 0 heterocycles. The van der Waals surface area contributed by atoms with Crippen molar-refractivity contribution < 1.29 is 14.3 Å². The van der Waals surface area contributed by atoms with Crippen LogP contribution >= 0.6 is 0 Å². The Morgan fingerprint density at radius 1 is 1.00 bits per heavy atom. The van der Waals surface area contributed by atoms with Crippen molar-refractivity contribution in [2.45, 2.75) is 39.0 Å². The maximum atomic E-state index is 12.1. The summed E-state index contributed by atoms with van der Waals surface area (Å²) in [6.45, 7) is 3.13. The molecule has 0 saturated carbocycles. The minimum absolute atomic E-state index is 0.0354. The number of anilines is 1. The number of fused-ring (bicyclic) bond motifs is 1. The monoisotopic (exact) mass is 339 g/mol. The van der Waals surface area contributed by atoms with E-state index >= 15 is 0 Å². The van der Waals surface area contributed by atoms with E-state index in [0.29, 0.717) is 26.1 Å². The molecule has 2 aromatic carbocycles. The van der Waals surface area contributed by atoms with Gasteiger partial charge in [0.1, 0.15) is 11.5 Å². The van der Waals surface area contributed by atoms with Gasteiger partial charge in [0.05, 0.1) is 13.2 Å². The maximum Gasteiger partial charge on any atom is 0.224 e. The lowest BCUT2D eigenvalue weighted by Crippen LogP contribution is -2.13. The van der Waals surface area contributed by atoms with Crippen molar-refractivity contribution in [2.75, 3.05) is 18.5 Å². The Bertz CT molecular complexity index is 710. The number of hydrogen-bond acceptors (Lipinski definition) is 3. The lowest BCUT2D eigenvalue weighted by Gasteiger charge is -2.09. The molecule has 0 fully saturated rings. The van der Waals surface area contributed by atoms with E-state index in [1.807, 2.05) is 37.3 Å². The van der Waals surface area contributed by atoms with Gasteiger partial charge in [-0.05, 0) is 80.1 Å². The van der Waals surface area contributed by atoms with Gasteiger partial charge in [0.25, 0.3) is 0 Å². The summed E-state index contributed by atoms with van der Waals surface area (Å²) in [7, 11) is 0. The Morgan fingerprint density at radius 3 is 2.48 bits per heavy atom. The van der Waals surface area contributed by atoms with Crippen molar-refractivity contribution >= 4 is 11.6 Å². The predicted molar refractivity (Wildman–Crippen MR) is 99.4 cm³/mol. The van der Waals surface area contributed by atoms with Gasteiger partial charge in [-0.3, -0.25) is 4.79 Å². The molecule has 1 aliphatic carbocycles. The number of ether oxygens (including phenoxy) is 2. The molecule has 0 unspecified atom stereocenters. The second-order valence-electron chi connectivity index (χ2n) is 6.24. The van der Waals surface area contributed by atoms with Crippen LogP contribution in [0.5, 0.6) is 11.5 Å². The van der Waals surface area contributed by atoms with Crippen molar-refractivity contribution in [3.05, 3.63) is 53.6 Å². The lowest BCUT2D eigenvalue weighted by molar-refractivity contribution is -0.116. The highest BCUT2D eigenvalue weighted by molar-refractivity contribution is 5.90. The number of carbonyl (C=O) groups excluding carboxylic acids is 1. The molecule has 0 atom stereocenters. The molecule has 25 heavy (non-hydrogen) atoms. The van der Waals surface area contributed by atoms with Crippen LogP contribution in [-0.2, 0) is 17.6 Å². The van der Waals surface area contributed by atoms with Gasteiger partial charge in [0, 0.05) is 12.1 Å². The molecule has 4 heteroatoms. The summed E-state index contributed by atoms with van der Waals surface area (Å²) in [4.78, 5) is 12.1. The molecule has 3 rings (SSSR count). The molecule has 1 aliphatic rings. The first-order valence-electron chi connectivity index (χ1n) is 9.02. The Labute approximate surface area is 149 Å². The second kappa shape index (κ2) is 8.56. The first-order chi connectivity index (χ1) is 12.2. The maximum absolute atomic E-state index is 12.1. The third-order valence-electron chi connectivity index (χ3n) is 4.33. The van der Waals surface area contributed by atoms with Gasteiger partial charge in [-0.25, -0.2) is 0 Å². The normalized spacial score (nSPS) is 12.5. The second-order valence-corrected chi connectivity index (χ2v) is 6.24. The molecule has 0 aromatic heterocycles. The number of benzene rings is 2. The summed E-state index contributed by atoms with van der Waals surface area (Å²) in [5.41, 5.74) is 3.69. The topological polar surface area (TPSA) is 47.6 Å². The molecular formula is C21H25NO3. The average Bonchev–Trinajstić information content (AvgIpc) is 3.08. The Morgan fingerprint density at radius 2 is 1.72 bits per heavy atom. The Kier molecular flexibility index (Phi) is 5.94. The van der Waals surface area contributed by atoms with Crippen LogP contribution in [-0.4, -0.2) is 19.1 Å². The first kappa shape index (κ1) is 17.3. The van der Waals surface area contributed by atoms with Crippen LogP contribution in [0.2, 0.25) is 0 Å². The van der Waals surface area contributed by atoms with Crippen LogP contribution in [0.25, 0.3) is 0 Å². The Hall–Kier alpha value is -2.49. The minimum Gasteiger partial charge on any atom is -0.494 e. The van der Waals surface area contributed by atoms with Crippen molar-refractivity contribution in [1.82, 2.24) is 0 Å². The zero-order valence-electron chi connectivity index (χ0n) is 14.7. The van der Waals surface area contributed by atoms with Crippen LogP contribution in [0.4, 0.5) is 5.69 Å². The van der Waals surface area contributed by atoms with Gasteiger partial charge >= 0.3 is 0 Å². The number of hydrogen-bond donors (Lipinski definition) is 1. The summed E-state index contributed by atoms with van der Waals surface area (Å²) in [6, 6.07) is 13.8. The molecule has 0 saturated heterocycles. The zero-order valence-corrected chi connectivity index (χ0v) is 14.7. The number of carbonyl (C=O) groups is 1. The van der Waals surface area contributed by atoms with Crippen LogP contribution in [0, 0.1) is 0 Å². The third-order valence-corrected chi connectivity index (χ3v) is 4.33. The van der Waals surface area contributed by atoms with Crippen LogP contribution < -0.4 is 14.8 Å². The summed E-state index contributed by atoms with van der Waals surface area (Å²) in [5, 5.41) is 2.98. The van der Waals surface area contributed by atoms with E-state index in [1.54, 1.807) is 0 Å². The summed E-state index contributed by atoms with van der Waals surface area (Å²) >= 11 is 0. The van der Waals surface area contributed by atoms with Gasteiger partial charge < -0.3 is 14.8 Å².